The number of aromatic nitrogens is 2. The fraction of sp³-hybridized carbons (Fsp3) is 0.500. The Balaban J connectivity index is 1.94. The third-order valence-electron chi connectivity index (χ3n) is 2.68. The molecule has 0 bridgehead atoms. The Bertz CT molecular complexity index is 398. The summed E-state index contributed by atoms with van der Waals surface area (Å²) >= 11 is 5.63. The van der Waals surface area contributed by atoms with Crippen molar-refractivity contribution in [3.8, 4) is 0 Å². The smallest absolute Gasteiger partial charge is 0.407 e. The van der Waals surface area contributed by atoms with Crippen LogP contribution in [0.1, 0.15) is 12.8 Å². The Hall–Kier alpha value is -1.56. The second-order valence-electron chi connectivity index (χ2n) is 3.95. The van der Waals surface area contributed by atoms with E-state index in [1.165, 1.54) is 4.90 Å². The molecule has 0 aromatic carbocycles. The van der Waals surface area contributed by atoms with E-state index in [1.807, 2.05) is 0 Å². The van der Waals surface area contributed by atoms with Crippen molar-refractivity contribution in [3.63, 3.8) is 0 Å². The maximum atomic E-state index is 10.8. The number of nitrogens with one attached hydrogen (secondary N) is 1. The van der Waals surface area contributed by atoms with E-state index in [9.17, 15) is 4.79 Å². The van der Waals surface area contributed by atoms with Crippen LogP contribution in [0.2, 0.25) is 5.15 Å². The molecular formula is C10H13ClN4O2. The summed E-state index contributed by atoms with van der Waals surface area (Å²) in [6.45, 7) is 1.07. The maximum Gasteiger partial charge on any atom is 0.407 e. The number of likely N-dealkylation sites (tertiary alicyclic amines) is 1. The van der Waals surface area contributed by atoms with Gasteiger partial charge >= 0.3 is 6.09 Å². The number of nitrogens with zero attached hydrogens (tertiary/aromatic N) is 3. The van der Waals surface area contributed by atoms with E-state index in [4.69, 9.17) is 16.7 Å². The first kappa shape index (κ1) is 11.9. The van der Waals surface area contributed by atoms with E-state index >= 15 is 0 Å². The van der Waals surface area contributed by atoms with Crippen molar-refractivity contribution >= 4 is 23.5 Å². The summed E-state index contributed by atoms with van der Waals surface area (Å²) in [7, 11) is 0. The van der Waals surface area contributed by atoms with Crippen molar-refractivity contribution in [3.05, 3.63) is 17.3 Å². The van der Waals surface area contributed by atoms with E-state index in [0.717, 1.165) is 12.8 Å². The van der Waals surface area contributed by atoms with E-state index in [1.54, 1.807) is 12.1 Å². The second-order valence-corrected chi connectivity index (χ2v) is 4.34. The van der Waals surface area contributed by atoms with Gasteiger partial charge in [-0.05, 0) is 25.0 Å². The van der Waals surface area contributed by atoms with Gasteiger partial charge in [-0.3, -0.25) is 0 Å². The molecule has 1 amide bonds. The maximum absolute atomic E-state index is 10.8. The summed E-state index contributed by atoms with van der Waals surface area (Å²) in [6.07, 6.45) is 0.901. The normalized spacial score (nSPS) is 20.1. The third kappa shape index (κ3) is 3.20. The number of halogens is 1. The molecule has 92 valence electrons. The van der Waals surface area contributed by atoms with E-state index in [-0.39, 0.29) is 6.04 Å². The predicted octanol–water partition coefficient (Wildman–Crippen LogP) is 1.68. The fourth-order valence-corrected chi connectivity index (χ4v) is 1.97. The summed E-state index contributed by atoms with van der Waals surface area (Å²) in [5, 5.41) is 20.0. The minimum absolute atomic E-state index is 0.0790. The van der Waals surface area contributed by atoms with Crippen molar-refractivity contribution in [2.24, 2.45) is 0 Å². The molecule has 0 aliphatic carbocycles. The highest BCUT2D eigenvalue weighted by Crippen LogP contribution is 2.15. The number of rotatable bonds is 2. The molecule has 0 saturated carbocycles. The molecule has 1 unspecified atom stereocenters. The van der Waals surface area contributed by atoms with Gasteiger partial charge in [-0.2, -0.15) is 0 Å². The second kappa shape index (κ2) is 5.18. The van der Waals surface area contributed by atoms with Crippen LogP contribution in [0, 0.1) is 0 Å². The van der Waals surface area contributed by atoms with Gasteiger partial charge in [-0.1, -0.05) is 11.6 Å². The van der Waals surface area contributed by atoms with E-state index in [2.05, 4.69) is 15.5 Å². The van der Waals surface area contributed by atoms with Crippen LogP contribution in [0.15, 0.2) is 12.1 Å². The van der Waals surface area contributed by atoms with Gasteiger partial charge in [0.05, 0.1) is 0 Å². The molecule has 1 aliphatic heterocycles. The summed E-state index contributed by atoms with van der Waals surface area (Å²) in [5.74, 6) is 0.617. The number of anilines is 1. The lowest BCUT2D eigenvalue weighted by Crippen LogP contribution is -2.44. The molecule has 2 rings (SSSR count). The zero-order chi connectivity index (χ0) is 12.3. The number of amides is 1. The molecule has 0 radical (unpaired) electrons. The van der Waals surface area contributed by atoms with Crippen molar-refractivity contribution in [1.29, 1.82) is 0 Å². The van der Waals surface area contributed by atoms with Crippen LogP contribution in [0.5, 0.6) is 0 Å². The van der Waals surface area contributed by atoms with Gasteiger partial charge in [-0.15, -0.1) is 10.2 Å². The van der Waals surface area contributed by atoms with Gasteiger partial charge in [0.2, 0.25) is 0 Å². The van der Waals surface area contributed by atoms with E-state index < -0.39 is 6.09 Å². The van der Waals surface area contributed by atoms with Crippen LogP contribution in [-0.4, -0.2) is 45.4 Å². The Labute approximate surface area is 104 Å². The first-order valence-corrected chi connectivity index (χ1v) is 5.76. The largest absolute Gasteiger partial charge is 0.465 e. The number of carbonyl (C=O) groups is 1. The SMILES string of the molecule is O=C(O)N1CCCC(Nc2ccc(Cl)nn2)C1. The molecule has 2 N–H and O–H groups in total. The summed E-state index contributed by atoms with van der Waals surface area (Å²) in [5.41, 5.74) is 0. The zero-order valence-corrected chi connectivity index (χ0v) is 9.89. The van der Waals surface area contributed by atoms with Crippen LogP contribution in [0.4, 0.5) is 10.6 Å². The molecule has 1 saturated heterocycles. The topological polar surface area (TPSA) is 78.4 Å². The fourth-order valence-electron chi connectivity index (χ4n) is 1.87. The first-order valence-electron chi connectivity index (χ1n) is 5.39. The standard InChI is InChI=1S/C10H13ClN4O2/c11-8-3-4-9(14-13-8)12-7-2-1-5-15(6-7)10(16)17/h3-4,7H,1-2,5-6H2,(H,12,14)(H,16,17). The molecule has 1 aromatic rings. The number of hydrogen-bond acceptors (Lipinski definition) is 4. The van der Waals surface area contributed by atoms with Crippen LogP contribution in [0.3, 0.4) is 0 Å². The highest BCUT2D eigenvalue weighted by atomic mass is 35.5. The number of piperidine rings is 1. The lowest BCUT2D eigenvalue weighted by atomic mass is 10.1. The van der Waals surface area contributed by atoms with Crippen LogP contribution >= 0.6 is 11.6 Å². The third-order valence-corrected chi connectivity index (χ3v) is 2.88. The van der Waals surface area contributed by atoms with Crippen molar-refractivity contribution in [2.45, 2.75) is 18.9 Å². The molecule has 17 heavy (non-hydrogen) atoms. The summed E-state index contributed by atoms with van der Waals surface area (Å²) < 4.78 is 0. The molecule has 2 heterocycles. The molecule has 0 spiro atoms. The molecular weight excluding hydrogens is 244 g/mol. The van der Waals surface area contributed by atoms with Gasteiger partial charge < -0.3 is 15.3 Å². The summed E-state index contributed by atoms with van der Waals surface area (Å²) in [4.78, 5) is 12.3. The Morgan fingerprint density at radius 3 is 3.00 bits per heavy atom. The summed E-state index contributed by atoms with van der Waals surface area (Å²) in [6, 6.07) is 3.46. The van der Waals surface area contributed by atoms with Gasteiger partial charge in [0.25, 0.3) is 0 Å². The van der Waals surface area contributed by atoms with Crippen molar-refractivity contribution < 1.29 is 9.90 Å². The van der Waals surface area contributed by atoms with E-state index in [0.29, 0.717) is 24.1 Å². The minimum Gasteiger partial charge on any atom is -0.465 e. The molecule has 1 aromatic heterocycles. The average Bonchev–Trinajstić information content (AvgIpc) is 2.32. The van der Waals surface area contributed by atoms with Crippen LogP contribution in [0.25, 0.3) is 0 Å². The predicted molar refractivity (Wildman–Crippen MR) is 63.3 cm³/mol. The van der Waals surface area contributed by atoms with Gasteiger partial charge in [-0.25, -0.2) is 4.79 Å². The van der Waals surface area contributed by atoms with Crippen LogP contribution < -0.4 is 5.32 Å². The molecule has 1 fully saturated rings. The van der Waals surface area contributed by atoms with Crippen molar-refractivity contribution in [2.75, 3.05) is 18.4 Å². The van der Waals surface area contributed by atoms with Gasteiger partial charge in [0.15, 0.2) is 5.15 Å². The molecule has 1 atom stereocenters. The van der Waals surface area contributed by atoms with Gasteiger partial charge in [0.1, 0.15) is 5.82 Å². The zero-order valence-electron chi connectivity index (χ0n) is 9.14. The Morgan fingerprint density at radius 2 is 2.35 bits per heavy atom. The van der Waals surface area contributed by atoms with Crippen LogP contribution in [-0.2, 0) is 0 Å². The molecule has 6 nitrogen and oxygen atoms in total. The van der Waals surface area contributed by atoms with Gasteiger partial charge in [0, 0.05) is 19.1 Å². The molecule has 1 aliphatic rings. The Morgan fingerprint density at radius 1 is 1.53 bits per heavy atom. The Kier molecular flexibility index (Phi) is 3.63. The minimum atomic E-state index is -0.876. The lowest BCUT2D eigenvalue weighted by Gasteiger charge is -2.31. The highest BCUT2D eigenvalue weighted by Gasteiger charge is 2.23. The highest BCUT2D eigenvalue weighted by molar-refractivity contribution is 6.29. The number of hydrogen-bond donors (Lipinski definition) is 2. The average molecular weight is 257 g/mol. The quantitative estimate of drug-likeness (QED) is 0.842. The first-order chi connectivity index (χ1) is 8.15. The molecule has 7 heteroatoms. The number of carboxylic acid groups (broad SMARTS) is 1. The lowest BCUT2D eigenvalue weighted by molar-refractivity contribution is 0.133. The van der Waals surface area contributed by atoms with Crippen molar-refractivity contribution in [1.82, 2.24) is 15.1 Å². The monoisotopic (exact) mass is 256 g/mol.